The number of carbonyl (C=O) groups is 1. The second-order valence-corrected chi connectivity index (χ2v) is 6.67. The quantitative estimate of drug-likeness (QED) is 0.347. The van der Waals surface area contributed by atoms with E-state index in [1.54, 1.807) is 0 Å². The third-order valence-corrected chi connectivity index (χ3v) is 4.57. The summed E-state index contributed by atoms with van der Waals surface area (Å²) >= 11 is 1.50. The molecule has 0 saturated carbocycles. The van der Waals surface area contributed by atoms with Crippen LogP contribution < -0.4 is 0 Å². The minimum atomic E-state index is -0.331. The number of esters is 1. The van der Waals surface area contributed by atoms with Gasteiger partial charge >= 0.3 is 5.97 Å². The normalized spacial score (nSPS) is 10.8. The Morgan fingerprint density at radius 2 is 1.81 bits per heavy atom. The molecule has 0 aliphatic heterocycles. The number of ether oxygens (including phenoxy) is 1. The number of aryl methyl sites for hydroxylation is 2. The molecule has 0 aliphatic rings. The average molecular weight is 384 g/mol. The number of aromatic nitrogens is 4. The van der Waals surface area contributed by atoms with Gasteiger partial charge in [-0.05, 0) is 32.1 Å². The van der Waals surface area contributed by atoms with Crippen LogP contribution in [0.15, 0.2) is 40.0 Å². The zero-order chi connectivity index (χ0) is 19.2. The van der Waals surface area contributed by atoms with E-state index in [0.717, 1.165) is 27.7 Å². The van der Waals surface area contributed by atoms with Crippen molar-refractivity contribution < 1.29 is 14.1 Å². The summed E-state index contributed by atoms with van der Waals surface area (Å²) in [6, 6.07) is 9.47. The molecule has 0 spiro atoms. The van der Waals surface area contributed by atoms with Gasteiger partial charge in [0.15, 0.2) is 11.8 Å². The van der Waals surface area contributed by atoms with Gasteiger partial charge in [-0.2, -0.15) is 4.98 Å². The van der Waals surface area contributed by atoms with Gasteiger partial charge in [-0.15, -0.1) is 0 Å². The van der Waals surface area contributed by atoms with Crippen LogP contribution in [0.25, 0.3) is 11.4 Å². The largest absolute Gasteiger partial charge is 0.456 e. The highest BCUT2D eigenvalue weighted by Gasteiger charge is 2.13. The summed E-state index contributed by atoms with van der Waals surface area (Å²) in [6.45, 7) is 3.82. The van der Waals surface area contributed by atoms with Crippen LogP contribution >= 0.6 is 11.8 Å². The first-order valence-electron chi connectivity index (χ1n) is 8.48. The molecule has 2 heterocycles. The fourth-order valence-electron chi connectivity index (χ4n) is 2.62. The fourth-order valence-corrected chi connectivity index (χ4v) is 3.08. The molecule has 0 aliphatic carbocycles. The molecule has 0 saturated heterocycles. The van der Waals surface area contributed by atoms with E-state index >= 15 is 0 Å². The van der Waals surface area contributed by atoms with Crippen molar-refractivity contribution in [3.8, 4) is 11.4 Å². The molecule has 0 bridgehead atoms. The molecule has 27 heavy (non-hydrogen) atoms. The molecular formula is C19H20N4O3S. The summed E-state index contributed by atoms with van der Waals surface area (Å²) in [4.78, 5) is 25.1. The maximum atomic E-state index is 12.1. The van der Waals surface area contributed by atoms with E-state index in [-0.39, 0.29) is 24.9 Å². The number of hydrogen-bond donors (Lipinski definition) is 0. The van der Waals surface area contributed by atoms with Gasteiger partial charge in [0.25, 0.3) is 5.89 Å². The van der Waals surface area contributed by atoms with Gasteiger partial charge in [-0.25, -0.2) is 9.97 Å². The van der Waals surface area contributed by atoms with E-state index in [0.29, 0.717) is 12.2 Å². The van der Waals surface area contributed by atoms with E-state index in [4.69, 9.17) is 9.26 Å². The van der Waals surface area contributed by atoms with Crippen molar-refractivity contribution in [3.63, 3.8) is 0 Å². The van der Waals surface area contributed by atoms with E-state index < -0.39 is 0 Å². The first kappa shape index (κ1) is 19.0. The van der Waals surface area contributed by atoms with Crippen molar-refractivity contribution in [1.29, 1.82) is 0 Å². The third-order valence-electron chi connectivity index (χ3n) is 4.02. The Bertz CT molecular complexity index is 905. The van der Waals surface area contributed by atoms with Crippen LogP contribution in [0, 0.1) is 13.8 Å². The molecule has 0 atom stereocenters. The molecule has 8 heteroatoms. The second kappa shape index (κ2) is 8.77. The third kappa shape index (κ3) is 4.91. The average Bonchev–Trinajstić information content (AvgIpc) is 3.15. The monoisotopic (exact) mass is 384 g/mol. The first-order valence-corrected chi connectivity index (χ1v) is 9.71. The number of hydrogen-bond acceptors (Lipinski definition) is 8. The van der Waals surface area contributed by atoms with Crippen molar-refractivity contribution in [2.24, 2.45) is 0 Å². The van der Waals surface area contributed by atoms with Crippen LogP contribution in [0.1, 0.15) is 29.3 Å². The zero-order valence-electron chi connectivity index (χ0n) is 15.4. The minimum Gasteiger partial charge on any atom is -0.456 e. The number of nitrogens with zero attached hydrogens (tertiary/aromatic N) is 4. The Balaban J connectivity index is 1.53. The Hall–Kier alpha value is -2.74. The Morgan fingerprint density at radius 1 is 1.11 bits per heavy atom. The van der Waals surface area contributed by atoms with E-state index in [9.17, 15) is 4.79 Å². The number of carbonyl (C=O) groups excluding carboxylic acids is 1. The summed E-state index contributed by atoms with van der Waals surface area (Å²) < 4.78 is 10.4. The molecule has 140 valence electrons. The van der Waals surface area contributed by atoms with Crippen molar-refractivity contribution in [2.45, 2.75) is 38.5 Å². The lowest BCUT2D eigenvalue weighted by molar-refractivity contribution is -0.145. The van der Waals surface area contributed by atoms with Crippen LogP contribution in [0.5, 0.6) is 0 Å². The predicted octanol–water partition coefficient (Wildman–Crippen LogP) is 3.54. The molecule has 0 fully saturated rings. The molecule has 0 amide bonds. The lowest BCUT2D eigenvalue weighted by atomic mass is 10.1. The van der Waals surface area contributed by atoms with Crippen LogP contribution in [0.4, 0.5) is 0 Å². The highest BCUT2D eigenvalue weighted by molar-refractivity contribution is 7.98. The SMILES string of the molecule is CSc1nc(C)c(CCC(=O)OCc2nc(-c3ccccc3)no2)c(C)n1. The number of benzene rings is 1. The lowest BCUT2D eigenvalue weighted by Crippen LogP contribution is -2.09. The van der Waals surface area contributed by atoms with Crippen LogP contribution in [-0.2, 0) is 22.6 Å². The van der Waals surface area contributed by atoms with Crippen molar-refractivity contribution in [3.05, 3.63) is 53.2 Å². The summed E-state index contributed by atoms with van der Waals surface area (Å²) in [5.41, 5.74) is 3.61. The first-order chi connectivity index (χ1) is 13.1. The number of rotatable bonds is 7. The van der Waals surface area contributed by atoms with Crippen molar-refractivity contribution >= 4 is 17.7 Å². The topological polar surface area (TPSA) is 91.0 Å². The Morgan fingerprint density at radius 3 is 2.48 bits per heavy atom. The molecule has 0 unspecified atom stereocenters. The van der Waals surface area contributed by atoms with Gasteiger partial charge < -0.3 is 9.26 Å². The summed E-state index contributed by atoms with van der Waals surface area (Å²) in [6.07, 6.45) is 2.71. The zero-order valence-corrected chi connectivity index (χ0v) is 16.2. The molecule has 3 rings (SSSR count). The standard InChI is InChI=1S/C19H20N4O3S/c1-12-15(13(2)21-19(20-12)27-3)9-10-17(24)25-11-16-22-18(23-26-16)14-7-5-4-6-8-14/h4-8H,9-11H2,1-3H3. The Labute approximate surface area is 161 Å². The minimum absolute atomic E-state index is 0.0431. The highest BCUT2D eigenvalue weighted by Crippen LogP contribution is 2.18. The van der Waals surface area contributed by atoms with E-state index in [2.05, 4.69) is 20.1 Å². The second-order valence-electron chi connectivity index (χ2n) is 5.90. The van der Waals surface area contributed by atoms with Crippen LogP contribution in [-0.4, -0.2) is 32.3 Å². The van der Waals surface area contributed by atoms with Crippen molar-refractivity contribution in [1.82, 2.24) is 20.1 Å². The number of thioether (sulfide) groups is 1. The maximum absolute atomic E-state index is 12.1. The molecule has 1 aromatic carbocycles. The van der Waals surface area contributed by atoms with Gasteiger partial charge in [0, 0.05) is 23.4 Å². The van der Waals surface area contributed by atoms with Gasteiger partial charge in [0.2, 0.25) is 5.82 Å². The predicted molar refractivity (Wildman–Crippen MR) is 101 cm³/mol. The van der Waals surface area contributed by atoms with E-state index in [1.807, 2.05) is 50.4 Å². The summed E-state index contributed by atoms with van der Waals surface area (Å²) in [5, 5.41) is 4.64. The molecular weight excluding hydrogens is 364 g/mol. The van der Waals surface area contributed by atoms with Gasteiger partial charge in [-0.1, -0.05) is 47.3 Å². The van der Waals surface area contributed by atoms with Gasteiger partial charge in [0.1, 0.15) is 0 Å². The molecule has 3 aromatic rings. The smallest absolute Gasteiger partial charge is 0.306 e. The van der Waals surface area contributed by atoms with Crippen molar-refractivity contribution in [2.75, 3.05) is 6.26 Å². The Kier molecular flexibility index (Phi) is 6.18. The molecule has 0 radical (unpaired) electrons. The fraction of sp³-hybridized carbons (Fsp3) is 0.316. The van der Waals surface area contributed by atoms with Crippen LogP contribution in [0.2, 0.25) is 0 Å². The summed E-state index contributed by atoms with van der Waals surface area (Å²) in [7, 11) is 0. The van der Waals surface area contributed by atoms with Gasteiger partial charge in [-0.3, -0.25) is 4.79 Å². The molecule has 2 aromatic heterocycles. The molecule has 0 N–H and O–H groups in total. The molecule has 7 nitrogen and oxygen atoms in total. The van der Waals surface area contributed by atoms with E-state index in [1.165, 1.54) is 11.8 Å². The van der Waals surface area contributed by atoms with Crippen LogP contribution in [0.3, 0.4) is 0 Å². The maximum Gasteiger partial charge on any atom is 0.306 e. The lowest BCUT2D eigenvalue weighted by Gasteiger charge is -2.09. The highest BCUT2D eigenvalue weighted by atomic mass is 32.2. The summed E-state index contributed by atoms with van der Waals surface area (Å²) in [5.74, 6) is 0.406. The van der Waals surface area contributed by atoms with Gasteiger partial charge in [0.05, 0.1) is 0 Å².